The van der Waals surface area contributed by atoms with Gasteiger partial charge >= 0.3 is 0 Å². The van der Waals surface area contributed by atoms with Crippen LogP contribution in [-0.2, 0) is 4.79 Å². The molecule has 0 saturated heterocycles. The highest BCUT2D eigenvalue weighted by atomic mass is 16.3. The van der Waals surface area contributed by atoms with E-state index in [4.69, 9.17) is 0 Å². The molecule has 0 aromatic carbocycles. The molecule has 0 radical (unpaired) electrons. The Morgan fingerprint density at radius 2 is 2.06 bits per heavy atom. The Hall–Kier alpha value is -0.900. The van der Waals surface area contributed by atoms with Gasteiger partial charge in [-0.05, 0) is 19.3 Å². The molecule has 2 aliphatic rings. The molecule has 0 aromatic heterocycles. The summed E-state index contributed by atoms with van der Waals surface area (Å²) in [6, 6.07) is -0.0904. The third kappa shape index (κ3) is 1.98. The van der Waals surface area contributed by atoms with E-state index in [2.05, 4.69) is 25.9 Å². The summed E-state index contributed by atoms with van der Waals surface area (Å²) in [7, 11) is 0. The zero-order valence-corrected chi connectivity index (χ0v) is 10.2. The molecule has 0 spiro atoms. The molecule has 0 bridgehead atoms. The van der Waals surface area contributed by atoms with Crippen LogP contribution in [0.3, 0.4) is 0 Å². The topological polar surface area (TPSA) is 52.9 Å². The van der Waals surface area contributed by atoms with Gasteiger partial charge in [-0.15, -0.1) is 0 Å². The Morgan fingerprint density at radius 3 is 2.50 bits per heavy atom. The van der Waals surface area contributed by atoms with Crippen molar-refractivity contribution < 1.29 is 9.90 Å². The standard InChI is InChI=1S/C12H20N2O2/c1-12(2,3)10-7-11(16)14(13-10)8-5-4-6-9(8)15/h8-9,15H,4-7H2,1-3H3. The molecule has 2 rings (SSSR count). The largest absolute Gasteiger partial charge is 0.391 e. The molecular weight excluding hydrogens is 204 g/mol. The van der Waals surface area contributed by atoms with Gasteiger partial charge in [0.15, 0.2) is 0 Å². The van der Waals surface area contributed by atoms with Crippen LogP contribution in [-0.4, -0.2) is 33.9 Å². The van der Waals surface area contributed by atoms with E-state index in [1.165, 1.54) is 5.01 Å². The average molecular weight is 224 g/mol. The fourth-order valence-electron chi connectivity index (χ4n) is 2.33. The van der Waals surface area contributed by atoms with Gasteiger partial charge in [-0.2, -0.15) is 5.10 Å². The second-order valence-electron chi connectivity index (χ2n) is 5.78. The number of nitrogens with zero attached hydrogens (tertiary/aromatic N) is 2. The second-order valence-corrected chi connectivity index (χ2v) is 5.78. The minimum Gasteiger partial charge on any atom is -0.391 e. The molecule has 2 unspecified atom stereocenters. The van der Waals surface area contributed by atoms with E-state index in [-0.39, 0.29) is 17.4 Å². The normalized spacial score (nSPS) is 31.1. The molecule has 2 atom stereocenters. The predicted molar refractivity (Wildman–Crippen MR) is 62.0 cm³/mol. The minimum atomic E-state index is -0.396. The summed E-state index contributed by atoms with van der Waals surface area (Å²) in [4.78, 5) is 11.9. The van der Waals surface area contributed by atoms with Gasteiger partial charge in [0.05, 0.1) is 24.3 Å². The second kappa shape index (κ2) is 3.84. The summed E-state index contributed by atoms with van der Waals surface area (Å²) in [5.41, 5.74) is 0.866. The molecule has 1 aliphatic heterocycles. The van der Waals surface area contributed by atoms with E-state index in [0.29, 0.717) is 6.42 Å². The van der Waals surface area contributed by atoms with Gasteiger partial charge in [0.1, 0.15) is 0 Å². The van der Waals surface area contributed by atoms with Crippen LogP contribution in [0.1, 0.15) is 46.5 Å². The first-order valence-electron chi connectivity index (χ1n) is 5.97. The van der Waals surface area contributed by atoms with Crippen molar-refractivity contribution in [1.29, 1.82) is 0 Å². The van der Waals surface area contributed by atoms with Gasteiger partial charge in [-0.3, -0.25) is 4.79 Å². The lowest BCUT2D eigenvalue weighted by Gasteiger charge is -2.23. The Balaban J connectivity index is 2.17. The number of aliphatic hydroxyl groups is 1. The quantitative estimate of drug-likeness (QED) is 0.734. The van der Waals surface area contributed by atoms with Crippen LogP contribution < -0.4 is 0 Å². The number of amides is 1. The first-order chi connectivity index (χ1) is 7.39. The molecule has 1 aliphatic carbocycles. The van der Waals surface area contributed by atoms with Crippen molar-refractivity contribution in [1.82, 2.24) is 5.01 Å². The molecule has 0 aromatic rings. The van der Waals surface area contributed by atoms with Crippen molar-refractivity contribution in [2.24, 2.45) is 10.5 Å². The monoisotopic (exact) mass is 224 g/mol. The Labute approximate surface area is 96.3 Å². The zero-order chi connectivity index (χ0) is 11.9. The number of hydrogen-bond donors (Lipinski definition) is 1. The number of carbonyl (C=O) groups excluding carboxylic acids is 1. The van der Waals surface area contributed by atoms with Crippen molar-refractivity contribution in [3.05, 3.63) is 0 Å². The number of hydrogen-bond acceptors (Lipinski definition) is 3. The van der Waals surface area contributed by atoms with Crippen molar-refractivity contribution in [3.63, 3.8) is 0 Å². The highest BCUT2D eigenvalue weighted by molar-refractivity contribution is 6.07. The fraction of sp³-hybridized carbons (Fsp3) is 0.833. The molecule has 1 amide bonds. The highest BCUT2D eigenvalue weighted by Crippen LogP contribution is 2.31. The van der Waals surface area contributed by atoms with Gasteiger partial charge in [0, 0.05) is 5.41 Å². The van der Waals surface area contributed by atoms with Crippen LogP contribution in [0.5, 0.6) is 0 Å². The Kier molecular flexibility index (Phi) is 2.78. The maximum absolute atomic E-state index is 11.9. The Morgan fingerprint density at radius 1 is 1.38 bits per heavy atom. The maximum atomic E-state index is 11.9. The lowest BCUT2D eigenvalue weighted by molar-refractivity contribution is -0.132. The average Bonchev–Trinajstić information content (AvgIpc) is 2.70. The first-order valence-corrected chi connectivity index (χ1v) is 5.97. The fourth-order valence-corrected chi connectivity index (χ4v) is 2.33. The van der Waals surface area contributed by atoms with E-state index in [0.717, 1.165) is 25.0 Å². The van der Waals surface area contributed by atoms with E-state index < -0.39 is 6.10 Å². The summed E-state index contributed by atoms with van der Waals surface area (Å²) in [6.45, 7) is 6.19. The predicted octanol–water partition coefficient (Wildman–Crippen LogP) is 1.53. The van der Waals surface area contributed by atoms with Crippen LogP contribution in [0.25, 0.3) is 0 Å². The van der Waals surface area contributed by atoms with E-state index in [1.807, 2.05) is 0 Å². The molecule has 4 nitrogen and oxygen atoms in total. The van der Waals surface area contributed by atoms with Crippen molar-refractivity contribution in [2.45, 2.75) is 58.6 Å². The van der Waals surface area contributed by atoms with E-state index in [9.17, 15) is 9.90 Å². The lowest BCUT2D eigenvalue weighted by Crippen LogP contribution is -2.38. The number of carbonyl (C=O) groups is 1. The van der Waals surface area contributed by atoms with Crippen LogP contribution in [0.2, 0.25) is 0 Å². The van der Waals surface area contributed by atoms with Gasteiger partial charge in [-0.25, -0.2) is 5.01 Å². The number of rotatable bonds is 1. The van der Waals surface area contributed by atoms with Crippen LogP contribution in [0, 0.1) is 5.41 Å². The molecule has 1 heterocycles. The first kappa shape index (κ1) is 11.6. The summed E-state index contributed by atoms with van der Waals surface area (Å²) >= 11 is 0. The summed E-state index contributed by atoms with van der Waals surface area (Å²) < 4.78 is 0. The van der Waals surface area contributed by atoms with Gasteiger partial charge in [0.25, 0.3) is 0 Å². The van der Waals surface area contributed by atoms with Gasteiger partial charge < -0.3 is 5.11 Å². The summed E-state index contributed by atoms with van der Waals surface area (Å²) in [5.74, 6) is 0.0378. The van der Waals surface area contributed by atoms with E-state index in [1.54, 1.807) is 0 Å². The lowest BCUT2D eigenvalue weighted by atomic mass is 9.88. The van der Waals surface area contributed by atoms with E-state index >= 15 is 0 Å². The smallest absolute Gasteiger partial charge is 0.248 e. The highest BCUT2D eigenvalue weighted by Gasteiger charge is 2.39. The molecular formula is C12H20N2O2. The van der Waals surface area contributed by atoms with Crippen molar-refractivity contribution in [3.8, 4) is 0 Å². The number of aliphatic hydroxyl groups excluding tert-OH is 1. The molecule has 1 N–H and O–H groups in total. The van der Waals surface area contributed by atoms with Gasteiger partial charge in [-0.1, -0.05) is 20.8 Å². The summed E-state index contributed by atoms with van der Waals surface area (Å²) in [5, 5.41) is 15.7. The summed E-state index contributed by atoms with van der Waals surface area (Å²) in [6.07, 6.45) is 2.65. The van der Waals surface area contributed by atoms with Crippen molar-refractivity contribution in [2.75, 3.05) is 0 Å². The van der Waals surface area contributed by atoms with Crippen LogP contribution in [0.4, 0.5) is 0 Å². The third-order valence-electron chi connectivity index (χ3n) is 3.43. The van der Waals surface area contributed by atoms with Crippen LogP contribution in [0.15, 0.2) is 5.10 Å². The molecule has 90 valence electrons. The third-order valence-corrected chi connectivity index (χ3v) is 3.43. The molecule has 16 heavy (non-hydrogen) atoms. The molecule has 1 fully saturated rings. The van der Waals surface area contributed by atoms with Gasteiger partial charge in [0.2, 0.25) is 5.91 Å². The van der Waals surface area contributed by atoms with Crippen LogP contribution >= 0.6 is 0 Å². The Bertz CT molecular complexity index is 330. The number of hydrazone groups is 1. The minimum absolute atomic E-state index is 0.0378. The van der Waals surface area contributed by atoms with Crippen molar-refractivity contribution >= 4 is 11.6 Å². The zero-order valence-electron chi connectivity index (χ0n) is 10.2. The molecule has 4 heteroatoms. The molecule has 1 saturated carbocycles. The SMILES string of the molecule is CC(C)(C)C1=NN(C2CCCC2O)C(=O)C1. The maximum Gasteiger partial charge on any atom is 0.248 e.